The summed E-state index contributed by atoms with van der Waals surface area (Å²) in [5.41, 5.74) is 2.36. The summed E-state index contributed by atoms with van der Waals surface area (Å²) in [5, 5.41) is 13.4. The summed E-state index contributed by atoms with van der Waals surface area (Å²) in [4.78, 5) is 6.67. The van der Waals surface area contributed by atoms with Crippen molar-refractivity contribution in [2.75, 3.05) is 13.1 Å². The largest absolute Gasteiger partial charge is 0.472 e. The zero-order chi connectivity index (χ0) is 20.7. The molecule has 1 aliphatic heterocycles. The van der Waals surface area contributed by atoms with Gasteiger partial charge < -0.3 is 14.8 Å². The van der Waals surface area contributed by atoms with Crippen LogP contribution < -0.4 is 4.74 Å². The lowest BCUT2D eigenvalue weighted by Crippen LogP contribution is -2.48. The van der Waals surface area contributed by atoms with Gasteiger partial charge in [0.2, 0.25) is 0 Å². The van der Waals surface area contributed by atoms with Crippen LogP contribution in [-0.4, -0.2) is 40.4 Å². The molecular formula is C24H23ClN2O2S. The van der Waals surface area contributed by atoms with Crippen molar-refractivity contribution in [3.05, 3.63) is 70.7 Å². The zero-order valence-corrected chi connectivity index (χ0v) is 18.2. The van der Waals surface area contributed by atoms with Gasteiger partial charge in [0.05, 0.1) is 0 Å². The van der Waals surface area contributed by atoms with Crippen molar-refractivity contribution in [3.8, 4) is 5.75 Å². The van der Waals surface area contributed by atoms with Crippen molar-refractivity contribution in [2.45, 2.75) is 25.7 Å². The zero-order valence-electron chi connectivity index (χ0n) is 16.6. The van der Waals surface area contributed by atoms with E-state index in [4.69, 9.17) is 16.3 Å². The Bertz CT molecular complexity index is 1230. The van der Waals surface area contributed by atoms with Crippen LogP contribution in [0.5, 0.6) is 5.75 Å². The summed E-state index contributed by atoms with van der Waals surface area (Å²) in [6.07, 6.45) is 4.04. The molecule has 2 N–H and O–H groups in total. The monoisotopic (exact) mass is 438 g/mol. The van der Waals surface area contributed by atoms with Crippen LogP contribution in [0.3, 0.4) is 0 Å². The maximum absolute atomic E-state index is 10.4. The van der Waals surface area contributed by atoms with E-state index in [1.807, 2.05) is 42.6 Å². The molecule has 2 atom stereocenters. The summed E-state index contributed by atoms with van der Waals surface area (Å²) in [5.74, 6) is 0.786. The number of benzene rings is 2. The standard InChI is InChI=1S/C24H23ClN2O2S/c1-15(28)24(29-21-6-3-5-20-17(21)8-11-26-20)27-12-9-16(10-13-27)23-14-18-19(25)4-2-7-22(18)30-23/h2-9,11,14-15,24,26,28H,10,12-13H2,1H3. The number of aliphatic hydroxyl groups is 1. The van der Waals surface area contributed by atoms with E-state index >= 15 is 0 Å². The van der Waals surface area contributed by atoms with Gasteiger partial charge in [-0.15, -0.1) is 11.3 Å². The first-order chi connectivity index (χ1) is 14.6. The molecule has 0 amide bonds. The number of aromatic amines is 1. The second-order valence-electron chi connectivity index (χ2n) is 7.68. The average Bonchev–Trinajstić information content (AvgIpc) is 3.40. The molecule has 2 aromatic carbocycles. The summed E-state index contributed by atoms with van der Waals surface area (Å²) in [7, 11) is 0. The third kappa shape index (κ3) is 3.63. The Morgan fingerprint density at radius 2 is 2.03 bits per heavy atom. The molecule has 4 aromatic rings. The topological polar surface area (TPSA) is 48.5 Å². The van der Waals surface area contributed by atoms with Gasteiger partial charge in [0.1, 0.15) is 11.9 Å². The van der Waals surface area contributed by atoms with E-state index in [2.05, 4.69) is 28.1 Å². The normalized spacial score (nSPS) is 17.2. The van der Waals surface area contributed by atoms with Gasteiger partial charge in [0, 0.05) is 50.2 Å². The molecule has 0 saturated carbocycles. The first kappa shape index (κ1) is 19.6. The molecule has 3 heterocycles. The first-order valence-corrected chi connectivity index (χ1v) is 11.3. The van der Waals surface area contributed by atoms with Crippen molar-refractivity contribution >= 4 is 49.5 Å². The van der Waals surface area contributed by atoms with Crippen LogP contribution in [0, 0.1) is 0 Å². The summed E-state index contributed by atoms with van der Waals surface area (Å²) >= 11 is 8.14. The number of hydrogen-bond acceptors (Lipinski definition) is 4. The number of halogens is 1. The Morgan fingerprint density at radius 1 is 1.17 bits per heavy atom. The second-order valence-corrected chi connectivity index (χ2v) is 9.17. The van der Waals surface area contributed by atoms with Gasteiger partial charge in [-0.2, -0.15) is 0 Å². The third-order valence-corrected chi connectivity index (χ3v) is 7.15. The lowest BCUT2D eigenvalue weighted by molar-refractivity contribution is -0.0528. The maximum Gasteiger partial charge on any atom is 0.178 e. The van der Waals surface area contributed by atoms with Gasteiger partial charge in [-0.3, -0.25) is 4.90 Å². The van der Waals surface area contributed by atoms with Gasteiger partial charge in [-0.25, -0.2) is 0 Å². The molecular weight excluding hydrogens is 416 g/mol. The van der Waals surface area contributed by atoms with Crippen LogP contribution >= 0.6 is 22.9 Å². The molecule has 5 rings (SSSR count). The lowest BCUT2D eigenvalue weighted by Gasteiger charge is -2.35. The highest BCUT2D eigenvalue weighted by molar-refractivity contribution is 7.20. The Balaban J connectivity index is 1.37. The smallest absolute Gasteiger partial charge is 0.178 e. The number of ether oxygens (including phenoxy) is 1. The van der Waals surface area contributed by atoms with E-state index in [0.29, 0.717) is 0 Å². The number of thiophene rings is 1. The molecule has 0 fully saturated rings. The molecule has 2 aromatic heterocycles. The summed E-state index contributed by atoms with van der Waals surface area (Å²) in [6.45, 7) is 3.34. The van der Waals surface area contributed by atoms with Gasteiger partial charge in [-0.05, 0) is 55.3 Å². The van der Waals surface area contributed by atoms with Crippen LogP contribution in [-0.2, 0) is 0 Å². The number of nitrogens with zero attached hydrogens (tertiary/aromatic N) is 1. The molecule has 0 spiro atoms. The van der Waals surface area contributed by atoms with E-state index in [1.54, 1.807) is 18.3 Å². The minimum Gasteiger partial charge on any atom is -0.472 e. The maximum atomic E-state index is 10.4. The van der Waals surface area contributed by atoms with E-state index < -0.39 is 12.3 Å². The van der Waals surface area contributed by atoms with Crippen molar-refractivity contribution < 1.29 is 9.84 Å². The molecule has 4 nitrogen and oxygen atoms in total. The Hall–Kier alpha value is -2.31. The minimum atomic E-state index is -0.614. The van der Waals surface area contributed by atoms with Crippen molar-refractivity contribution in [1.82, 2.24) is 9.88 Å². The molecule has 0 saturated heterocycles. The molecule has 30 heavy (non-hydrogen) atoms. The van der Waals surface area contributed by atoms with Gasteiger partial charge in [0.15, 0.2) is 6.23 Å². The Kier molecular flexibility index (Phi) is 5.29. The number of hydrogen-bond donors (Lipinski definition) is 2. The summed E-state index contributed by atoms with van der Waals surface area (Å²) in [6, 6.07) is 16.2. The third-order valence-electron chi connectivity index (χ3n) is 5.64. The molecule has 0 radical (unpaired) electrons. The van der Waals surface area contributed by atoms with Crippen LogP contribution in [0.15, 0.2) is 60.8 Å². The van der Waals surface area contributed by atoms with Crippen molar-refractivity contribution in [3.63, 3.8) is 0 Å². The number of nitrogens with one attached hydrogen (secondary N) is 1. The summed E-state index contributed by atoms with van der Waals surface area (Å²) < 4.78 is 7.52. The predicted octanol–water partition coefficient (Wildman–Crippen LogP) is 5.91. The van der Waals surface area contributed by atoms with E-state index in [1.165, 1.54) is 15.2 Å². The quantitative estimate of drug-likeness (QED) is 0.407. The number of aliphatic hydroxyl groups excluding tert-OH is 1. The van der Waals surface area contributed by atoms with Crippen molar-refractivity contribution in [1.29, 1.82) is 0 Å². The first-order valence-electron chi connectivity index (χ1n) is 10.1. The average molecular weight is 439 g/mol. The fraction of sp³-hybridized carbons (Fsp3) is 0.250. The second kappa shape index (κ2) is 8.08. The molecule has 0 aliphatic carbocycles. The molecule has 6 heteroatoms. The Labute approximate surface area is 184 Å². The van der Waals surface area contributed by atoms with Crippen LogP contribution in [0.4, 0.5) is 0 Å². The van der Waals surface area contributed by atoms with Crippen molar-refractivity contribution in [2.24, 2.45) is 0 Å². The SMILES string of the molecule is CC(O)C(Oc1cccc2[nH]ccc12)N1CC=C(c2cc3c(Cl)cccc3s2)CC1. The van der Waals surface area contributed by atoms with E-state index in [9.17, 15) is 5.11 Å². The lowest BCUT2D eigenvalue weighted by atomic mass is 10.1. The highest BCUT2D eigenvalue weighted by atomic mass is 35.5. The number of fused-ring (bicyclic) bond motifs is 2. The van der Waals surface area contributed by atoms with Crippen LogP contribution in [0.2, 0.25) is 5.02 Å². The number of rotatable bonds is 5. The highest BCUT2D eigenvalue weighted by Crippen LogP contribution is 2.37. The highest BCUT2D eigenvalue weighted by Gasteiger charge is 2.28. The number of H-pyrrole nitrogens is 1. The van der Waals surface area contributed by atoms with Gasteiger partial charge in [-0.1, -0.05) is 29.8 Å². The van der Waals surface area contributed by atoms with Gasteiger partial charge >= 0.3 is 0 Å². The molecule has 154 valence electrons. The fourth-order valence-electron chi connectivity index (χ4n) is 4.09. The molecule has 1 aliphatic rings. The minimum absolute atomic E-state index is 0.403. The fourth-order valence-corrected chi connectivity index (χ4v) is 5.53. The van der Waals surface area contributed by atoms with Crippen LogP contribution in [0.1, 0.15) is 18.2 Å². The molecule has 0 bridgehead atoms. The number of aromatic nitrogens is 1. The predicted molar refractivity (Wildman–Crippen MR) is 125 cm³/mol. The van der Waals surface area contributed by atoms with E-state index in [0.717, 1.165) is 46.6 Å². The Morgan fingerprint density at radius 3 is 2.80 bits per heavy atom. The van der Waals surface area contributed by atoms with E-state index in [-0.39, 0.29) is 0 Å². The van der Waals surface area contributed by atoms with Crippen LogP contribution in [0.25, 0.3) is 26.6 Å². The van der Waals surface area contributed by atoms with Gasteiger partial charge in [0.25, 0.3) is 0 Å². The molecule has 2 unspecified atom stereocenters.